The van der Waals surface area contributed by atoms with Gasteiger partial charge in [0, 0.05) is 6.54 Å². The summed E-state index contributed by atoms with van der Waals surface area (Å²) in [5.41, 5.74) is 2.25. The van der Waals surface area contributed by atoms with Crippen LogP contribution in [0.25, 0.3) is 16.3 Å². The SMILES string of the molecule is CC(C)CNC(=O)c1cc(-c2cccs2)nn1-c1ccccc1. The summed E-state index contributed by atoms with van der Waals surface area (Å²) in [4.78, 5) is 13.6. The van der Waals surface area contributed by atoms with Crippen molar-refractivity contribution in [1.29, 1.82) is 0 Å². The topological polar surface area (TPSA) is 46.9 Å². The number of nitrogens with one attached hydrogen (secondary N) is 1. The van der Waals surface area contributed by atoms with Crippen LogP contribution in [0.15, 0.2) is 53.9 Å². The average Bonchev–Trinajstić information content (AvgIpc) is 3.22. The molecule has 0 atom stereocenters. The molecule has 23 heavy (non-hydrogen) atoms. The molecule has 4 nitrogen and oxygen atoms in total. The van der Waals surface area contributed by atoms with Gasteiger partial charge in [-0.15, -0.1) is 11.3 Å². The maximum absolute atomic E-state index is 12.6. The predicted molar refractivity (Wildman–Crippen MR) is 94.0 cm³/mol. The number of aromatic nitrogens is 2. The molecule has 2 heterocycles. The van der Waals surface area contributed by atoms with E-state index in [0.717, 1.165) is 16.3 Å². The molecule has 0 aliphatic carbocycles. The second-order valence-electron chi connectivity index (χ2n) is 5.74. The van der Waals surface area contributed by atoms with Crippen LogP contribution in [-0.2, 0) is 0 Å². The van der Waals surface area contributed by atoms with E-state index in [1.807, 2.05) is 53.9 Å². The summed E-state index contributed by atoms with van der Waals surface area (Å²) in [6.45, 7) is 4.80. The number of hydrogen-bond acceptors (Lipinski definition) is 3. The van der Waals surface area contributed by atoms with Gasteiger partial charge in [0.1, 0.15) is 11.4 Å². The van der Waals surface area contributed by atoms with Crippen LogP contribution >= 0.6 is 11.3 Å². The van der Waals surface area contributed by atoms with Crippen molar-refractivity contribution in [2.45, 2.75) is 13.8 Å². The first-order valence-corrected chi connectivity index (χ1v) is 8.50. The number of thiophene rings is 1. The molecular weight excluding hydrogens is 306 g/mol. The van der Waals surface area contributed by atoms with Gasteiger partial charge in [-0.25, -0.2) is 4.68 Å². The second kappa shape index (κ2) is 6.79. The number of carbonyl (C=O) groups excluding carboxylic acids is 1. The standard InChI is InChI=1S/C18H19N3OS/c1-13(2)12-19-18(22)16-11-15(17-9-6-10-23-17)20-21(16)14-7-4-3-5-8-14/h3-11,13H,12H2,1-2H3,(H,19,22). The van der Waals surface area contributed by atoms with E-state index in [9.17, 15) is 4.79 Å². The van der Waals surface area contributed by atoms with Gasteiger partial charge in [-0.3, -0.25) is 4.79 Å². The highest BCUT2D eigenvalue weighted by Gasteiger charge is 2.17. The van der Waals surface area contributed by atoms with Crippen LogP contribution in [0, 0.1) is 5.92 Å². The van der Waals surface area contributed by atoms with Crippen molar-refractivity contribution in [2.75, 3.05) is 6.54 Å². The molecule has 118 valence electrons. The number of benzene rings is 1. The zero-order chi connectivity index (χ0) is 16.2. The van der Waals surface area contributed by atoms with Crippen molar-refractivity contribution >= 4 is 17.2 Å². The normalized spacial score (nSPS) is 10.9. The van der Waals surface area contributed by atoms with Crippen molar-refractivity contribution in [3.8, 4) is 16.3 Å². The summed E-state index contributed by atoms with van der Waals surface area (Å²) in [5, 5.41) is 9.62. The van der Waals surface area contributed by atoms with Crippen LogP contribution in [0.4, 0.5) is 0 Å². The van der Waals surface area contributed by atoms with Gasteiger partial charge in [0.2, 0.25) is 0 Å². The highest BCUT2D eigenvalue weighted by molar-refractivity contribution is 7.13. The number of nitrogens with zero attached hydrogens (tertiary/aromatic N) is 2. The summed E-state index contributed by atoms with van der Waals surface area (Å²) >= 11 is 1.62. The van der Waals surface area contributed by atoms with Crippen molar-refractivity contribution in [3.05, 3.63) is 59.6 Å². The molecular formula is C18H19N3OS. The number of amides is 1. The van der Waals surface area contributed by atoms with Crippen molar-refractivity contribution in [3.63, 3.8) is 0 Å². The van der Waals surface area contributed by atoms with Crippen molar-refractivity contribution < 1.29 is 4.79 Å². The fraction of sp³-hybridized carbons (Fsp3) is 0.222. The molecule has 3 aromatic rings. The van der Waals surface area contributed by atoms with E-state index >= 15 is 0 Å². The molecule has 0 aliphatic heterocycles. The Morgan fingerprint density at radius 3 is 2.65 bits per heavy atom. The Hall–Kier alpha value is -2.40. The van der Waals surface area contributed by atoms with Crippen LogP contribution in [0.5, 0.6) is 0 Å². The lowest BCUT2D eigenvalue weighted by molar-refractivity contribution is 0.0941. The number of carbonyl (C=O) groups is 1. The summed E-state index contributed by atoms with van der Waals surface area (Å²) in [6, 6.07) is 15.6. The van der Waals surface area contributed by atoms with Gasteiger partial charge < -0.3 is 5.32 Å². The maximum atomic E-state index is 12.6. The van der Waals surface area contributed by atoms with Gasteiger partial charge in [-0.2, -0.15) is 5.10 Å². The zero-order valence-corrected chi connectivity index (χ0v) is 14.0. The van der Waals surface area contributed by atoms with Gasteiger partial charge in [0.25, 0.3) is 5.91 Å². The van der Waals surface area contributed by atoms with Crippen LogP contribution in [0.2, 0.25) is 0 Å². The Balaban J connectivity index is 2.00. The quantitative estimate of drug-likeness (QED) is 0.771. The van der Waals surface area contributed by atoms with Gasteiger partial charge >= 0.3 is 0 Å². The van der Waals surface area contributed by atoms with Crippen LogP contribution in [-0.4, -0.2) is 22.2 Å². The number of para-hydroxylation sites is 1. The first-order chi connectivity index (χ1) is 11.1. The fourth-order valence-corrected chi connectivity index (χ4v) is 2.92. The Morgan fingerprint density at radius 2 is 2.00 bits per heavy atom. The number of hydrogen-bond donors (Lipinski definition) is 1. The summed E-state index contributed by atoms with van der Waals surface area (Å²) in [5.74, 6) is 0.307. The molecule has 0 fully saturated rings. The van der Waals surface area contributed by atoms with Gasteiger partial charge in [-0.1, -0.05) is 38.1 Å². The molecule has 0 saturated heterocycles. The fourth-order valence-electron chi connectivity index (χ4n) is 2.24. The first-order valence-electron chi connectivity index (χ1n) is 7.62. The van der Waals surface area contributed by atoms with Crippen LogP contribution in [0.3, 0.4) is 0 Å². The van der Waals surface area contributed by atoms with Crippen molar-refractivity contribution in [2.24, 2.45) is 5.92 Å². The molecule has 1 amide bonds. The van der Waals surface area contributed by atoms with E-state index in [2.05, 4.69) is 24.3 Å². The van der Waals surface area contributed by atoms with Crippen LogP contribution < -0.4 is 5.32 Å². The van der Waals surface area contributed by atoms with E-state index in [1.165, 1.54) is 0 Å². The minimum atomic E-state index is -0.0992. The van der Waals surface area contributed by atoms with Gasteiger partial charge in [0.05, 0.1) is 10.6 Å². The van der Waals surface area contributed by atoms with Gasteiger partial charge in [-0.05, 0) is 35.6 Å². The number of rotatable bonds is 5. The molecule has 0 aliphatic rings. The lowest BCUT2D eigenvalue weighted by Gasteiger charge is -2.09. The predicted octanol–water partition coefficient (Wildman–Crippen LogP) is 3.99. The van der Waals surface area contributed by atoms with E-state index in [4.69, 9.17) is 0 Å². The van der Waals surface area contributed by atoms with E-state index < -0.39 is 0 Å². The highest BCUT2D eigenvalue weighted by Crippen LogP contribution is 2.25. The third-order valence-corrected chi connectivity index (χ3v) is 4.28. The monoisotopic (exact) mass is 325 g/mol. The summed E-state index contributed by atoms with van der Waals surface area (Å²) in [6.07, 6.45) is 0. The third kappa shape index (κ3) is 3.51. The first kappa shape index (κ1) is 15.5. The highest BCUT2D eigenvalue weighted by atomic mass is 32.1. The molecule has 5 heteroatoms. The molecule has 0 saturated carbocycles. The smallest absolute Gasteiger partial charge is 0.270 e. The minimum Gasteiger partial charge on any atom is -0.350 e. The lowest BCUT2D eigenvalue weighted by atomic mass is 10.2. The zero-order valence-electron chi connectivity index (χ0n) is 13.2. The molecule has 1 N–H and O–H groups in total. The molecule has 0 radical (unpaired) electrons. The Kier molecular flexibility index (Phi) is 4.57. The molecule has 0 spiro atoms. The molecule has 2 aromatic heterocycles. The van der Waals surface area contributed by atoms with E-state index in [-0.39, 0.29) is 5.91 Å². The molecule has 3 rings (SSSR count). The van der Waals surface area contributed by atoms with E-state index in [1.54, 1.807) is 16.0 Å². The average molecular weight is 325 g/mol. The maximum Gasteiger partial charge on any atom is 0.270 e. The molecule has 1 aromatic carbocycles. The molecule has 0 bridgehead atoms. The minimum absolute atomic E-state index is 0.0992. The van der Waals surface area contributed by atoms with Gasteiger partial charge in [0.15, 0.2) is 0 Å². The largest absolute Gasteiger partial charge is 0.350 e. The Labute approximate surface area is 139 Å². The van der Waals surface area contributed by atoms with E-state index in [0.29, 0.717) is 18.2 Å². The Bertz CT molecular complexity index is 776. The third-order valence-electron chi connectivity index (χ3n) is 3.39. The lowest BCUT2D eigenvalue weighted by Crippen LogP contribution is -2.29. The summed E-state index contributed by atoms with van der Waals surface area (Å²) < 4.78 is 1.71. The second-order valence-corrected chi connectivity index (χ2v) is 6.69. The summed E-state index contributed by atoms with van der Waals surface area (Å²) in [7, 11) is 0. The Morgan fingerprint density at radius 1 is 1.22 bits per heavy atom. The van der Waals surface area contributed by atoms with Crippen molar-refractivity contribution in [1.82, 2.24) is 15.1 Å². The van der Waals surface area contributed by atoms with Crippen LogP contribution in [0.1, 0.15) is 24.3 Å². The molecule has 0 unspecified atom stereocenters.